The lowest BCUT2D eigenvalue weighted by Crippen LogP contribution is -2.31. The zero-order chi connectivity index (χ0) is 14.6. The van der Waals surface area contributed by atoms with Crippen LogP contribution in [0.25, 0.3) is 0 Å². The fourth-order valence-corrected chi connectivity index (χ4v) is 1.85. The highest BCUT2D eigenvalue weighted by molar-refractivity contribution is 14.1. The minimum Gasteiger partial charge on any atom is -0.481 e. The standard InChI is InChI=1S/C13H15ClINO3/c1-13(2,12(18)19)5-6-16-11(17)8-3-4-10(15)9(14)7-8/h3-4,7H,5-6H2,1-2H3,(H,16,17)(H,18,19). The molecule has 4 nitrogen and oxygen atoms in total. The van der Waals surface area contributed by atoms with Crippen LogP contribution in [0.4, 0.5) is 0 Å². The first kappa shape index (κ1) is 16.2. The molecule has 0 aliphatic carbocycles. The van der Waals surface area contributed by atoms with Gasteiger partial charge in [0.2, 0.25) is 0 Å². The van der Waals surface area contributed by atoms with Crippen LogP contribution in [0.1, 0.15) is 30.6 Å². The first-order valence-electron chi connectivity index (χ1n) is 5.70. The number of halogens is 2. The third kappa shape index (κ3) is 4.65. The summed E-state index contributed by atoms with van der Waals surface area (Å²) in [6.45, 7) is 3.56. The molecule has 0 heterocycles. The van der Waals surface area contributed by atoms with Crippen LogP contribution >= 0.6 is 34.2 Å². The molecule has 1 aromatic carbocycles. The van der Waals surface area contributed by atoms with Crippen molar-refractivity contribution in [1.82, 2.24) is 5.32 Å². The first-order chi connectivity index (χ1) is 8.74. The van der Waals surface area contributed by atoms with Gasteiger partial charge < -0.3 is 10.4 Å². The molecule has 2 N–H and O–H groups in total. The molecule has 0 spiro atoms. The van der Waals surface area contributed by atoms with Crippen molar-refractivity contribution in [3.05, 3.63) is 32.4 Å². The molecule has 19 heavy (non-hydrogen) atoms. The largest absolute Gasteiger partial charge is 0.481 e. The molecular weight excluding hydrogens is 381 g/mol. The summed E-state index contributed by atoms with van der Waals surface area (Å²) in [5.74, 6) is -1.13. The second-order valence-corrected chi connectivity index (χ2v) is 6.39. The van der Waals surface area contributed by atoms with Crippen molar-refractivity contribution in [3.63, 3.8) is 0 Å². The Morgan fingerprint density at radius 2 is 2.05 bits per heavy atom. The monoisotopic (exact) mass is 395 g/mol. The van der Waals surface area contributed by atoms with Crippen LogP contribution in [0.3, 0.4) is 0 Å². The van der Waals surface area contributed by atoms with E-state index in [4.69, 9.17) is 16.7 Å². The number of aliphatic carboxylic acids is 1. The van der Waals surface area contributed by atoms with Crippen LogP contribution in [0.2, 0.25) is 5.02 Å². The van der Waals surface area contributed by atoms with E-state index in [1.165, 1.54) is 0 Å². The molecule has 0 aliphatic rings. The van der Waals surface area contributed by atoms with E-state index >= 15 is 0 Å². The molecule has 0 saturated carbocycles. The maximum absolute atomic E-state index is 11.8. The zero-order valence-electron chi connectivity index (χ0n) is 10.7. The Labute approximate surface area is 130 Å². The highest BCUT2D eigenvalue weighted by Gasteiger charge is 2.26. The smallest absolute Gasteiger partial charge is 0.309 e. The van der Waals surface area contributed by atoms with Gasteiger partial charge in [-0.05, 0) is 61.1 Å². The van der Waals surface area contributed by atoms with Crippen molar-refractivity contribution in [3.8, 4) is 0 Å². The third-order valence-corrected chi connectivity index (χ3v) is 4.37. The van der Waals surface area contributed by atoms with Crippen LogP contribution in [0.15, 0.2) is 18.2 Å². The van der Waals surface area contributed by atoms with Crippen molar-refractivity contribution in [2.45, 2.75) is 20.3 Å². The lowest BCUT2D eigenvalue weighted by Gasteiger charge is -2.18. The number of hydrogen-bond acceptors (Lipinski definition) is 2. The molecule has 0 bridgehead atoms. The predicted octanol–water partition coefficient (Wildman–Crippen LogP) is 3.18. The highest BCUT2D eigenvalue weighted by atomic mass is 127. The number of carbonyl (C=O) groups excluding carboxylic acids is 1. The van der Waals surface area contributed by atoms with Gasteiger partial charge in [0, 0.05) is 15.7 Å². The molecule has 104 valence electrons. The van der Waals surface area contributed by atoms with Gasteiger partial charge in [0.25, 0.3) is 5.91 Å². The summed E-state index contributed by atoms with van der Waals surface area (Å²) in [5.41, 5.74) is -0.379. The van der Waals surface area contributed by atoms with E-state index < -0.39 is 11.4 Å². The van der Waals surface area contributed by atoms with Crippen LogP contribution in [-0.2, 0) is 4.79 Å². The Balaban J connectivity index is 2.57. The van der Waals surface area contributed by atoms with Crippen LogP contribution < -0.4 is 5.32 Å². The van der Waals surface area contributed by atoms with Gasteiger partial charge >= 0.3 is 5.97 Å². The average Bonchev–Trinajstić information content (AvgIpc) is 2.32. The van der Waals surface area contributed by atoms with E-state index in [9.17, 15) is 9.59 Å². The van der Waals surface area contributed by atoms with Crippen molar-refractivity contribution >= 4 is 46.1 Å². The quantitative estimate of drug-likeness (QED) is 0.753. The van der Waals surface area contributed by atoms with Gasteiger partial charge in [-0.1, -0.05) is 11.6 Å². The molecule has 0 fully saturated rings. The number of carboxylic acid groups (broad SMARTS) is 1. The van der Waals surface area contributed by atoms with Crippen LogP contribution in [0, 0.1) is 8.99 Å². The Hall–Kier alpha value is -0.820. The van der Waals surface area contributed by atoms with E-state index in [0.29, 0.717) is 23.6 Å². The second kappa shape index (κ2) is 6.56. The number of nitrogens with one attached hydrogen (secondary N) is 1. The summed E-state index contributed by atoms with van der Waals surface area (Å²) < 4.78 is 0.878. The number of hydrogen-bond donors (Lipinski definition) is 2. The molecule has 0 aliphatic heterocycles. The lowest BCUT2D eigenvalue weighted by molar-refractivity contribution is -0.147. The Morgan fingerprint density at radius 3 is 2.58 bits per heavy atom. The molecule has 1 aromatic rings. The first-order valence-corrected chi connectivity index (χ1v) is 7.16. The average molecular weight is 396 g/mol. The van der Waals surface area contributed by atoms with Gasteiger partial charge in [-0.15, -0.1) is 0 Å². The minimum absolute atomic E-state index is 0.250. The number of carboxylic acids is 1. The zero-order valence-corrected chi connectivity index (χ0v) is 13.6. The fourth-order valence-electron chi connectivity index (χ4n) is 1.33. The number of amides is 1. The normalized spacial score (nSPS) is 11.2. The van der Waals surface area contributed by atoms with Crippen LogP contribution in [-0.4, -0.2) is 23.5 Å². The maximum atomic E-state index is 11.8. The molecule has 0 unspecified atom stereocenters. The van der Waals surface area contributed by atoms with Gasteiger partial charge in [-0.3, -0.25) is 9.59 Å². The Kier molecular flexibility index (Phi) is 5.61. The molecule has 1 amide bonds. The number of rotatable bonds is 5. The topological polar surface area (TPSA) is 66.4 Å². The van der Waals surface area contributed by atoms with Crippen molar-refractivity contribution in [2.24, 2.45) is 5.41 Å². The Bertz CT molecular complexity index is 503. The number of benzene rings is 1. The minimum atomic E-state index is -0.876. The summed E-state index contributed by atoms with van der Waals surface area (Å²) in [4.78, 5) is 22.8. The predicted molar refractivity (Wildman–Crippen MR) is 82.5 cm³/mol. The van der Waals surface area contributed by atoms with Crippen LogP contribution in [0.5, 0.6) is 0 Å². The fraction of sp³-hybridized carbons (Fsp3) is 0.385. The Morgan fingerprint density at radius 1 is 1.42 bits per heavy atom. The van der Waals surface area contributed by atoms with Gasteiger partial charge in [0.05, 0.1) is 10.4 Å². The van der Waals surface area contributed by atoms with Gasteiger partial charge in [0.15, 0.2) is 0 Å². The van der Waals surface area contributed by atoms with Gasteiger partial charge in [-0.25, -0.2) is 0 Å². The molecule has 1 rings (SSSR count). The maximum Gasteiger partial charge on any atom is 0.309 e. The van der Waals surface area contributed by atoms with E-state index in [0.717, 1.165) is 3.57 Å². The van der Waals surface area contributed by atoms with E-state index in [-0.39, 0.29) is 5.91 Å². The highest BCUT2D eigenvalue weighted by Crippen LogP contribution is 2.21. The molecule has 0 atom stereocenters. The van der Waals surface area contributed by atoms with E-state index in [1.807, 2.05) is 0 Å². The van der Waals surface area contributed by atoms with Gasteiger partial charge in [0.1, 0.15) is 0 Å². The number of carbonyl (C=O) groups is 2. The summed E-state index contributed by atoms with van der Waals surface area (Å²) in [6, 6.07) is 5.05. The van der Waals surface area contributed by atoms with Crippen molar-refractivity contribution in [1.29, 1.82) is 0 Å². The summed E-state index contributed by atoms with van der Waals surface area (Å²) in [7, 11) is 0. The third-order valence-electron chi connectivity index (χ3n) is 2.80. The molecule has 6 heteroatoms. The van der Waals surface area contributed by atoms with E-state index in [2.05, 4.69) is 27.9 Å². The lowest BCUT2D eigenvalue weighted by atomic mass is 9.90. The molecular formula is C13H15ClINO3. The molecule has 0 saturated heterocycles. The SMILES string of the molecule is CC(C)(CCNC(=O)c1ccc(I)c(Cl)c1)C(=O)O. The molecule has 0 radical (unpaired) electrons. The summed E-state index contributed by atoms with van der Waals surface area (Å²) in [5, 5.41) is 12.2. The van der Waals surface area contributed by atoms with E-state index in [1.54, 1.807) is 32.0 Å². The summed E-state index contributed by atoms with van der Waals surface area (Å²) >= 11 is 8.02. The molecule has 0 aromatic heterocycles. The second-order valence-electron chi connectivity index (χ2n) is 4.82. The van der Waals surface area contributed by atoms with Crippen molar-refractivity contribution < 1.29 is 14.7 Å². The van der Waals surface area contributed by atoms with Crippen molar-refractivity contribution in [2.75, 3.05) is 6.54 Å². The van der Waals surface area contributed by atoms with Gasteiger partial charge in [-0.2, -0.15) is 0 Å². The summed E-state index contributed by atoms with van der Waals surface area (Å²) in [6.07, 6.45) is 0.367.